The maximum atomic E-state index is 12.2. The molecule has 1 heterocycles. The summed E-state index contributed by atoms with van der Waals surface area (Å²) in [6.45, 7) is 0.325. The Bertz CT molecular complexity index is 617. The molecule has 0 saturated heterocycles. The Labute approximate surface area is 128 Å². The molecule has 0 aliphatic rings. The fraction of sp³-hybridized carbons (Fsp3) is 0.188. The van der Waals surface area contributed by atoms with E-state index in [2.05, 4.69) is 10.3 Å². The second-order valence-corrected chi connectivity index (χ2v) is 4.79. The lowest BCUT2D eigenvalue weighted by Crippen LogP contribution is -2.41. The Morgan fingerprint density at radius 1 is 1.00 bits per heavy atom. The number of hydrogen-bond donors (Lipinski definition) is 3. The lowest BCUT2D eigenvalue weighted by molar-refractivity contribution is -0.140. The Morgan fingerprint density at radius 3 is 2.32 bits per heavy atom. The van der Waals surface area contributed by atoms with E-state index in [9.17, 15) is 9.59 Å². The summed E-state index contributed by atoms with van der Waals surface area (Å²) in [6, 6.07) is 12.8. The zero-order chi connectivity index (χ0) is 15.8. The number of carbonyl (C=O) groups is 2. The van der Waals surface area contributed by atoms with E-state index >= 15 is 0 Å². The van der Waals surface area contributed by atoms with Gasteiger partial charge in [-0.3, -0.25) is 19.8 Å². The highest BCUT2D eigenvalue weighted by atomic mass is 16.5. The Hall–Kier alpha value is -2.73. The number of hydrogen-bond acceptors (Lipinski definition) is 4. The van der Waals surface area contributed by atoms with Crippen molar-refractivity contribution in [1.29, 1.82) is 0 Å². The molecule has 1 aromatic heterocycles. The number of nitrogens with zero attached hydrogens (tertiary/aromatic N) is 1. The minimum Gasteiger partial charge on any atom is -0.351 e. The highest BCUT2D eigenvalue weighted by molar-refractivity contribution is 6.00. The second-order valence-electron chi connectivity index (χ2n) is 4.79. The van der Waals surface area contributed by atoms with Crippen LogP contribution in [0.25, 0.3) is 0 Å². The van der Waals surface area contributed by atoms with Crippen molar-refractivity contribution in [1.82, 2.24) is 15.8 Å². The molecule has 0 bridgehead atoms. The lowest BCUT2D eigenvalue weighted by Gasteiger charge is -2.15. The van der Waals surface area contributed by atoms with Crippen molar-refractivity contribution in [2.45, 2.75) is 13.0 Å². The van der Waals surface area contributed by atoms with E-state index < -0.39 is 17.7 Å². The molecule has 1 unspecified atom stereocenters. The van der Waals surface area contributed by atoms with Gasteiger partial charge in [-0.25, -0.2) is 5.48 Å². The molecule has 0 radical (unpaired) electrons. The number of amides is 2. The van der Waals surface area contributed by atoms with E-state index in [1.54, 1.807) is 30.0 Å². The van der Waals surface area contributed by atoms with Crippen molar-refractivity contribution in [2.75, 3.05) is 0 Å². The summed E-state index contributed by atoms with van der Waals surface area (Å²) in [6.07, 6.45) is 3.37. The first-order chi connectivity index (χ1) is 10.7. The minimum atomic E-state index is -1.00. The first kappa shape index (κ1) is 15.7. The van der Waals surface area contributed by atoms with Gasteiger partial charge in [0.25, 0.3) is 5.91 Å². The van der Waals surface area contributed by atoms with Gasteiger partial charge in [-0.05, 0) is 29.7 Å². The predicted octanol–water partition coefficient (Wildman–Crippen LogP) is 1.06. The van der Waals surface area contributed by atoms with Gasteiger partial charge in [0, 0.05) is 18.9 Å². The molecular weight excluding hydrogens is 282 g/mol. The van der Waals surface area contributed by atoms with Crippen LogP contribution in [0.4, 0.5) is 0 Å². The molecule has 3 N–H and O–H groups in total. The van der Waals surface area contributed by atoms with Gasteiger partial charge in [-0.2, -0.15) is 0 Å². The number of aromatic nitrogens is 1. The van der Waals surface area contributed by atoms with Crippen LogP contribution in [-0.2, 0) is 22.6 Å². The summed E-state index contributed by atoms with van der Waals surface area (Å²) < 4.78 is 0. The van der Waals surface area contributed by atoms with E-state index in [1.165, 1.54) is 0 Å². The van der Waals surface area contributed by atoms with E-state index in [0.29, 0.717) is 6.54 Å². The number of hydroxylamine groups is 1. The van der Waals surface area contributed by atoms with Gasteiger partial charge in [0.2, 0.25) is 5.91 Å². The van der Waals surface area contributed by atoms with Crippen LogP contribution in [0.2, 0.25) is 0 Å². The molecule has 6 nitrogen and oxygen atoms in total. The summed E-state index contributed by atoms with van der Waals surface area (Å²) in [5.74, 6) is -2.18. The summed E-state index contributed by atoms with van der Waals surface area (Å²) in [7, 11) is 0. The molecular formula is C16H17N3O3. The molecule has 1 aromatic carbocycles. The smallest absolute Gasteiger partial charge is 0.256 e. The monoisotopic (exact) mass is 299 g/mol. The summed E-state index contributed by atoms with van der Waals surface area (Å²) in [4.78, 5) is 27.8. The van der Waals surface area contributed by atoms with Crippen molar-refractivity contribution >= 4 is 11.8 Å². The average Bonchev–Trinajstić information content (AvgIpc) is 2.58. The van der Waals surface area contributed by atoms with Crippen LogP contribution in [0.5, 0.6) is 0 Å². The normalized spacial score (nSPS) is 11.5. The highest BCUT2D eigenvalue weighted by Gasteiger charge is 2.26. The fourth-order valence-electron chi connectivity index (χ4n) is 2.05. The molecule has 0 saturated carbocycles. The van der Waals surface area contributed by atoms with Gasteiger partial charge in [-0.15, -0.1) is 0 Å². The first-order valence-electron chi connectivity index (χ1n) is 6.85. The van der Waals surface area contributed by atoms with E-state index in [0.717, 1.165) is 11.1 Å². The number of pyridine rings is 1. The third-order valence-electron chi connectivity index (χ3n) is 3.24. The molecule has 1 atom stereocenters. The Kier molecular flexibility index (Phi) is 5.62. The lowest BCUT2D eigenvalue weighted by atomic mass is 9.98. The van der Waals surface area contributed by atoms with Crippen LogP contribution < -0.4 is 10.8 Å². The maximum Gasteiger partial charge on any atom is 0.256 e. The van der Waals surface area contributed by atoms with Gasteiger partial charge < -0.3 is 5.32 Å². The van der Waals surface area contributed by atoms with E-state index in [1.807, 2.05) is 30.3 Å². The fourth-order valence-corrected chi connectivity index (χ4v) is 2.05. The third kappa shape index (κ3) is 4.39. The number of benzene rings is 1. The van der Waals surface area contributed by atoms with Crippen molar-refractivity contribution in [3.63, 3.8) is 0 Å². The first-order valence-corrected chi connectivity index (χ1v) is 6.85. The van der Waals surface area contributed by atoms with Crippen LogP contribution >= 0.6 is 0 Å². The summed E-state index contributed by atoms with van der Waals surface area (Å²) >= 11 is 0. The number of carbonyl (C=O) groups excluding carboxylic acids is 2. The zero-order valence-electron chi connectivity index (χ0n) is 11.9. The van der Waals surface area contributed by atoms with Gasteiger partial charge in [0.05, 0.1) is 0 Å². The predicted molar refractivity (Wildman–Crippen MR) is 79.6 cm³/mol. The van der Waals surface area contributed by atoms with Crippen LogP contribution in [0.3, 0.4) is 0 Å². The molecule has 0 aliphatic heterocycles. The van der Waals surface area contributed by atoms with Crippen molar-refractivity contribution in [3.05, 3.63) is 66.0 Å². The molecule has 6 heteroatoms. The van der Waals surface area contributed by atoms with Crippen LogP contribution in [-0.4, -0.2) is 22.0 Å². The van der Waals surface area contributed by atoms with E-state index in [4.69, 9.17) is 5.21 Å². The van der Waals surface area contributed by atoms with Gasteiger partial charge in [-0.1, -0.05) is 30.3 Å². The Balaban J connectivity index is 2.02. The highest BCUT2D eigenvalue weighted by Crippen LogP contribution is 2.09. The van der Waals surface area contributed by atoms with Crippen LogP contribution in [0.1, 0.15) is 11.1 Å². The van der Waals surface area contributed by atoms with Crippen molar-refractivity contribution < 1.29 is 14.8 Å². The van der Waals surface area contributed by atoms with Crippen molar-refractivity contribution in [2.24, 2.45) is 5.92 Å². The van der Waals surface area contributed by atoms with Crippen molar-refractivity contribution in [3.8, 4) is 0 Å². The van der Waals surface area contributed by atoms with Gasteiger partial charge in [0.1, 0.15) is 5.92 Å². The Morgan fingerprint density at radius 2 is 1.68 bits per heavy atom. The SMILES string of the molecule is O=C(NO)C(Cc1ccncc1)C(=O)NCc1ccccc1. The zero-order valence-corrected chi connectivity index (χ0v) is 11.9. The third-order valence-corrected chi connectivity index (χ3v) is 3.24. The summed E-state index contributed by atoms with van der Waals surface area (Å²) in [5, 5.41) is 11.5. The topological polar surface area (TPSA) is 91.3 Å². The second kappa shape index (κ2) is 7.90. The maximum absolute atomic E-state index is 12.2. The molecule has 2 aromatic rings. The molecule has 2 amide bonds. The average molecular weight is 299 g/mol. The van der Waals surface area contributed by atoms with E-state index in [-0.39, 0.29) is 6.42 Å². The largest absolute Gasteiger partial charge is 0.351 e. The van der Waals surface area contributed by atoms with Gasteiger partial charge >= 0.3 is 0 Å². The van der Waals surface area contributed by atoms with Gasteiger partial charge in [0.15, 0.2) is 0 Å². The number of rotatable bonds is 6. The summed E-state index contributed by atoms with van der Waals surface area (Å²) in [5.41, 5.74) is 3.27. The molecule has 22 heavy (non-hydrogen) atoms. The quantitative estimate of drug-likeness (QED) is 0.422. The molecule has 114 valence electrons. The standard InChI is InChI=1S/C16H17N3O3/c20-15(18-11-13-4-2-1-3-5-13)14(16(21)19-22)10-12-6-8-17-9-7-12/h1-9,14,22H,10-11H2,(H,18,20)(H,19,21). The molecule has 0 fully saturated rings. The van der Waals surface area contributed by atoms with Crippen LogP contribution in [0.15, 0.2) is 54.9 Å². The molecule has 0 spiro atoms. The number of nitrogens with one attached hydrogen (secondary N) is 2. The molecule has 0 aliphatic carbocycles. The van der Waals surface area contributed by atoms with Crippen LogP contribution in [0, 0.1) is 5.92 Å². The minimum absolute atomic E-state index is 0.190. The molecule has 2 rings (SSSR count).